The van der Waals surface area contributed by atoms with Gasteiger partial charge in [-0.05, 0) is 44.6 Å². The Morgan fingerprint density at radius 1 is 1.26 bits per heavy atom. The molecule has 1 saturated carbocycles. The quantitative estimate of drug-likeness (QED) is 0.817. The van der Waals surface area contributed by atoms with Crippen LogP contribution in [0.25, 0.3) is 0 Å². The standard InChI is InChI=1S/C15H29N3O/c1-12(2)6-7-17-8-10-18(11-9-17)14(19)15(3,16)13-4-5-13/h12-13H,4-11,16H2,1-3H3. The highest BCUT2D eigenvalue weighted by Gasteiger charge is 2.46. The van der Waals surface area contributed by atoms with Crippen LogP contribution in [0, 0.1) is 11.8 Å². The Hall–Kier alpha value is -0.610. The van der Waals surface area contributed by atoms with Gasteiger partial charge in [-0.3, -0.25) is 9.69 Å². The average Bonchev–Trinajstić information content (AvgIpc) is 3.20. The maximum absolute atomic E-state index is 12.5. The topological polar surface area (TPSA) is 49.6 Å². The number of nitrogens with two attached hydrogens (primary N) is 1. The zero-order valence-electron chi connectivity index (χ0n) is 12.7. The minimum atomic E-state index is -0.625. The van der Waals surface area contributed by atoms with Crippen molar-refractivity contribution in [3.05, 3.63) is 0 Å². The smallest absolute Gasteiger partial charge is 0.242 e. The molecular weight excluding hydrogens is 238 g/mol. The third-order valence-electron chi connectivity index (χ3n) is 4.57. The molecule has 1 unspecified atom stereocenters. The highest BCUT2D eigenvalue weighted by Crippen LogP contribution is 2.39. The lowest BCUT2D eigenvalue weighted by Gasteiger charge is -2.38. The number of hydrogen-bond acceptors (Lipinski definition) is 3. The van der Waals surface area contributed by atoms with E-state index in [1.165, 1.54) is 6.42 Å². The van der Waals surface area contributed by atoms with Crippen molar-refractivity contribution in [2.24, 2.45) is 17.6 Å². The zero-order valence-corrected chi connectivity index (χ0v) is 12.7. The van der Waals surface area contributed by atoms with Gasteiger partial charge in [0, 0.05) is 26.2 Å². The van der Waals surface area contributed by atoms with Gasteiger partial charge in [0.1, 0.15) is 0 Å². The maximum atomic E-state index is 12.5. The largest absolute Gasteiger partial charge is 0.339 e. The summed E-state index contributed by atoms with van der Waals surface area (Å²) in [4.78, 5) is 16.9. The molecule has 110 valence electrons. The molecule has 4 heteroatoms. The second kappa shape index (κ2) is 5.80. The number of amides is 1. The minimum Gasteiger partial charge on any atom is -0.339 e. The van der Waals surface area contributed by atoms with E-state index in [1.54, 1.807) is 0 Å². The van der Waals surface area contributed by atoms with E-state index in [4.69, 9.17) is 5.73 Å². The summed E-state index contributed by atoms with van der Waals surface area (Å²) in [6.45, 7) is 11.3. The molecular formula is C15H29N3O. The lowest BCUT2D eigenvalue weighted by Crippen LogP contribution is -2.59. The Morgan fingerprint density at radius 3 is 2.32 bits per heavy atom. The third kappa shape index (κ3) is 3.69. The highest BCUT2D eigenvalue weighted by atomic mass is 16.2. The van der Waals surface area contributed by atoms with Crippen LogP contribution in [0.2, 0.25) is 0 Å². The van der Waals surface area contributed by atoms with Crippen LogP contribution in [-0.4, -0.2) is 54.0 Å². The molecule has 2 fully saturated rings. The lowest BCUT2D eigenvalue weighted by atomic mass is 9.95. The van der Waals surface area contributed by atoms with Crippen LogP contribution in [0.5, 0.6) is 0 Å². The Labute approximate surface area is 117 Å². The first-order valence-corrected chi connectivity index (χ1v) is 7.72. The van der Waals surface area contributed by atoms with Gasteiger partial charge in [-0.2, -0.15) is 0 Å². The number of nitrogens with zero attached hydrogens (tertiary/aromatic N) is 2. The van der Waals surface area contributed by atoms with Crippen LogP contribution in [0.15, 0.2) is 0 Å². The van der Waals surface area contributed by atoms with Crippen LogP contribution in [0.3, 0.4) is 0 Å². The minimum absolute atomic E-state index is 0.165. The molecule has 2 rings (SSSR count). The molecule has 0 spiro atoms. The highest BCUT2D eigenvalue weighted by molar-refractivity contribution is 5.86. The van der Waals surface area contributed by atoms with Crippen molar-refractivity contribution >= 4 is 5.91 Å². The monoisotopic (exact) mass is 267 g/mol. The van der Waals surface area contributed by atoms with Crippen molar-refractivity contribution < 1.29 is 4.79 Å². The molecule has 1 aliphatic carbocycles. The summed E-state index contributed by atoms with van der Waals surface area (Å²) in [5, 5.41) is 0. The average molecular weight is 267 g/mol. The summed E-state index contributed by atoms with van der Waals surface area (Å²) in [5.41, 5.74) is 5.60. The van der Waals surface area contributed by atoms with Crippen LogP contribution < -0.4 is 5.73 Å². The van der Waals surface area contributed by atoms with Gasteiger partial charge < -0.3 is 10.6 Å². The summed E-state index contributed by atoms with van der Waals surface area (Å²) in [6, 6.07) is 0. The summed E-state index contributed by atoms with van der Waals surface area (Å²) >= 11 is 0. The predicted octanol–water partition coefficient (Wildman–Crippen LogP) is 1.30. The van der Waals surface area contributed by atoms with Gasteiger partial charge in [0.05, 0.1) is 5.54 Å². The van der Waals surface area contributed by atoms with Gasteiger partial charge in [0.25, 0.3) is 0 Å². The van der Waals surface area contributed by atoms with E-state index in [0.717, 1.165) is 51.5 Å². The number of rotatable bonds is 5. The fraction of sp³-hybridized carbons (Fsp3) is 0.933. The molecule has 0 radical (unpaired) electrons. The van der Waals surface area contributed by atoms with Gasteiger partial charge in [-0.1, -0.05) is 13.8 Å². The van der Waals surface area contributed by atoms with E-state index in [0.29, 0.717) is 5.92 Å². The molecule has 19 heavy (non-hydrogen) atoms. The fourth-order valence-corrected chi connectivity index (χ4v) is 2.81. The van der Waals surface area contributed by atoms with E-state index in [9.17, 15) is 4.79 Å². The molecule has 2 aliphatic rings. The van der Waals surface area contributed by atoms with Gasteiger partial charge in [0.2, 0.25) is 5.91 Å². The zero-order chi connectivity index (χ0) is 14.0. The second-order valence-electron chi connectivity index (χ2n) is 6.87. The Morgan fingerprint density at radius 2 is 1.84 bits per heavy atom. The van der Waals surface area contributed by atoms with Crippen LogP contribution in [0.1, 0.15) is 40.0 Å². The van der Waals surface area contributed by atoms with Gasteiger partial charge >= 0.3 is 0 Å². The summed E-state index contributed by atoms with van der Waals surface area (Å²) in [7, 11) is 0. The van der Waals surface area contributed by atoms with E-state index in [2.05, 4.69) is 18.7 Å². The first-order chi connectivity index (χ1) is 8.91. The number of carbonyl (C=O) groups excluding carboxylic acids is 1. The predicted molar refractivity (Wildman–Crippen MR) is 77.8 cm³/mol. The van der Waals surface area contributed by atoms with Crippen LogP contribution in [-0.2, 0) is 4.79 Å². The molecule has 2 N–H and O–H groups in total. The Bertz CT molecular complexity index is 315. The fourth-order valence-electron chi connectivity index (χ4n) is 2.81. The van der Waals surface area contributed by atoms with Crippen molar-refractivity contribution in [1.82, 2.24) is 9.80 Å². The lowest BCUT2D eigenvalue weighted by molar-refractivity contribution is -0.139. The van der Waals surface area contributed by atoms with E-state index >= 15 is 0 Å². The van der Waals surface area contributed by atoms with Gasteiger partial charge in [-0.25, -0.2) is 0 Å². The van der Waals surface area contributed by atoms with Crippen molar-refractivity contribution in [2.75, 3.05) is 32.7 Å². The number of piperazine rings is 1. The molecule has 0 aromatic carbocycles. The maximum Gasteiger partial charge on any atom is 0.242 e. The van der Waals surface area contributed by atoms with E-state index in [-0.39, 0.29) is 5.91 Å². The van der Waals surface area contributed by atoms with Crippen LogP contribution >= 0.6 is 0 Å². The van der Waals surface area contributed by atoms with Gasteiger partial charge in [-0.15, -0.1) is 0 Å². The third-order valence-corrected chi connectivity index (χ3v) is 4.57. The molecule has 1 amide bonds. The number of carbonyl (C=O) groups is 1. The van der Waals surface area contributed by atoms with E-state index < -0.39 is 5.54 Å². The summed E-state index contributed by atoms with van der Waals surface area (Å²) in [6.07, 6.45) is 3.48. The summed E-state index contributed by atoms with van der Waals surface area (Å²) in [5.74, 6) is 1.33. The molecule has 1 aliphatic heterocycles. The molecule has 0 bridgehead atoms. The first kappa shape index (κ1) is 14.8. The second-order valence-corrected chi connectivity index (χ2v) is 6.87. The van der Waals surface area contributed by atoms with Gasteiger partial charge in [0.15, 0.2) is 0 Å². The molecule has 1 heterocycles. The Kier molecular flexibility index (Phi) is 4.51. The number of hydrogen-bond donors (Lipinski definition) is 1. The first-order valence-electron chi connectivity index (χ1n) is 7.72. The van der Waals surface area contributed by atoms with Crippen molar-refractivity contribution in [3.63, 3.8) is 0 Å². The van der Waals surface area contributed by atoms with Crippen molar-refractivity contribution in [3.8, 4) is 0 Å². The molecule has 0 aromatic heterocycles. The molecule has 1 atom stereocenters. The normalized spacial score (nSPS) is 24.6. The molecule has 0 aromatic rings. The summed E-state index contributed by atoms with van der Waals surface area (Å²) < 4.78 is 0. The van der Waals surface area contributed by atoms with E-state index in [1.807, 2.05) is 11.8 Å². The van der Waals surface area contributed by atoms with Crippen molar-refractivity contribution in [1.29, 1.82) is 0 Å². The molecule has 1 saturated heterocycles. The SMILES string of the molecule is CC(C)CCN1CCN(C(=O)C(C)(N)C2CC2)CC1. The van der Waals surface area contributed by atoms with Crippen molar-refractivity contribution in [2.45, 2.75) is 45.6 Å². The molecule has 4 nitrogen and oxygen atoms in total. The van der Waals surface area contributed by atoms with Crippen LogP contribution in [0.4, 0.5) is 0 Å². The Balaban J connectivity index is 1.78.